The molecule has 8 nitrogen and oxygen atoms in total. The number of hydrogen-bond donors (Lipinski definition) is 2. The van der Waals surface area contributed by atoms with Crippen molar-refractivity contribution in [2.75, 3.05) is 66.5 Å². The molecule has 2 heterocycles. The Labute approximate surface area is 180 Å². The van der Waals surface area contributed by atoms with Crippen LogP contribution in [0.3, 0.4) is 0 Å². The highest BCUT2D eigenvalue weighted by Gasteiger charge is 2.23. The van der Waals surface area contributed by atoms with Crippen molar-refractivity contribution in [2.24, 2.45) is 10.9 Å². The zero-order valence-electron chi connectivity index (χ0n) is 16.9. The van der Waals surface area contributed by atoms with E-state index in [0.717, 1.165) is 71.2 Å². The van der Waals surface area contributed by atoms with E-state index in [1.165, 1.54) is 0 Å². The van der Waals surface area contributed by atoms with Crippen molar-refractivity contribution in [3.63, 3.8) is 0 Å². The highest BCUT2D eigenvalue weighted by Crippen LogP contribution is 2.20. The van der Waals surface area contributed by atoms with Crippen molar-refractivity contribution in [1.82, 2.24) is 25.3 Å². The third-order valence-corrected chi connectivity index (χ3v) is 5.41. The van der Waals surface area contributed by atoms with Crippen LogP contribution in [0, 0.1) is 5.92 Å². The Bertz CT molecular complexity index is 500. The lowest BCUT2D eigenvalue weighted by Gasteiger charge is -2.36. The normalized spacial score (nSPS) is 19.4. The molecular weight excluding hydrogens is 459 g/mol. The van der Waals surface area contributed by atoms with E-state index in [0.29, 0.717) is 12.3 Å². The lowest BCUT2D eigenvalue weighted by Crippen LogP contribution is -2.51. The van der Waals surface area contributed by atoms with Gasteiger partial charge in [0.25, 0.3) is 0 Å². The first kappa shape index (κ1) is 23.9. The van der Waals surface area contributed by atoms with Gasteiger partial charge in [0.1, 0.15) is 0 Å². The summed E-state index contributed by atoms with van der Waals surface area (Å²) in [5.41, 5.74) is 0. The highest BCUT2D eigenvalue weighted by molar-refractivity contribution is 14.0. The predicted octanol–water partition coefficient (Wildman–Crippen LogP) is 0.192. The zero-order valence-corrected chi connectivity index (χ0v) is 19.2. The predicted molar refractivity (Wildman–Crippen MR) is 118 cm³/mol. The van der Waals surface area contributed by atoms with Gasteiger partial charge in [-0.3, -0.25) is 19.5 Å². The van der Waals surface area contributed by atoms with Crippen molar-refractivity contribution in [3.05, 3.63) is 0 Å². The summed E-state index contributed by atoms with van der Waals surface area (Å²) < 4.78 is 0. The van der Waals surface area contributed by atoms with Crippen LogP contribution >= 0.6 is 24.0 Å². The third kappa shape index (κ3) is 7.81. The Balaban J connectivity index is 0.00000364. The Kier molecular flexibility index (Phi) is 11.0. The number of halogens is 1. The molecule has 9 heteroatoms. The van der Waals surface area contributed by atoms with Crippen molar-refractivity contribution in [3.8, 4) is 0 Å². The molecule has 2 fully saturated rings. The van der Waals surface area contributed by atoms with Crippen molar-refractivity contribution in [2.45, 2.75) is 26.2 Å². The fraction of sp³-hybridized carbons (Fsp3) is 0.833. The molecule has 2 amide bonds. The molecule has 0 aromatic carbocycles. The SMILES string of the molecule is CN=C(NCCN1CCN(C(C)=O)CC1)N1CCC(CC(=O)NC)CC1.I. The smallest absolute Gasteiger partial charge is 0.220 e. The van der Waals surface area contributed by atoms with Gasteiger partial charge in [-0.25, -0.2) is 0 Å². The van der Waals surface area contributed by atoms with Crippen LogP contribution in [0.15, 0.2) is 4.99 Å². The largest absolute Gasteiger partial charge is 0.359 e. The minimum absolute atomic E-state index is 0. The van der Waals surface area contributed by atoms with Crippen LogP contribution in [0.2, 0.25) is 0 Å². The maximum Gasteiger partial charge on any atom is 0.220 e. The number of nitrogens with one attached hydrogen (secondary N) is 2. The first-order chi connectivity index (χ1) is 12.5. The average Bonchev–Trinajstić information content (AvgIpc) is 2.66. The van der Waals surface area contributed by atoms with E-state index in [4.69, 9.17) is 0 Å². The molecule has 2 saturated heterocycles. The highest BCUT2D eigenvalue weighted by atomic mass is 127. The molecule has 0 bridgehead atoms. The molecule has 0 aromatic rings. The lowest BCUT2D eigenvalue weighted by molar-refractivity contribution is -0.130. The molecule has 27 heavy (non-hydrogen) atoms. The first-order valence-electron chi connectivity index (χ1n) is 9.67. The molecular formula is C18H35IN6O2. The fourth-order valence-electron chi connectivity index (χ4n) is 3.66. The lowest BCUT2D eigenvalue weighted by atomic mass is 9.93. The van der Waals surface area contributed by atoms with Crippen LogP contribution in [0.5, 0.6) is 0 Å². The Hall–Kier alpha value is -1.10. The van der Waals surface area contributed by atoms with Crippen LogP contribution in [0.1, 0.15) is 26.2 Å². The topological polar surface area (TPSA) is 80.3 Å². The molecule has 156 valence electrons. The maximum absolute atomic E-state index is 11.5. The summed E-state index contributed by atoms with van der Waals surface area (Å²) in [6.45, 7) is 8.85. The minimum atomic E-state index is 0. The van der Waals surface area contributed by atoms with Gasteiger partial charge in [0.05, 0.1) is 0 Å². The number of hydrogen-bond acceptors (Lipinski definition) is 4. The van der Waals surface area contributed by atoms with Crippen molar-refractivity contribution < 1.29 is 9.59 Å². The number of guanidine groups is 1. The summed E-state index contributed by atoms with van der Waals surface area (Å²) in [7, 11) is 3.52. The number of aliphatic imine (C=N–C) groups is 1. The molecule has 2 aliphatic rings. The number of likely N-dealkylation sites (tertiary alicyclic amines) is 1. The molecule has 0 atom stereocenters. The molecule has 2 aliphatic heterocycles. The summed E-state index contributed by atoms with van der Waals surface area (Å²) in [5, 5.41) is 6.17. The van der Waals surface area contributed by atoms with E-state index in [-0.39, 0.29) is 35.8 Å². The van der Waals surface area contributed by atoms with Gasteiger partial charge in [-0.2, -0.15) is 0 Å². The second-order valence-electron chi connectivity index (χ2n) is 7.13. The van der Waals surface area contributed by atoms with Crippen LogP contribution in [-0.2, 0) is 9.59 Å². The van der Waals surface area contributed by atoms with Crippen LogP contribution in [0.4, 0.5) is 0 Å². The summed E-state index contributed by atoms with van der Waals surface area (Å²) in [4.78, 5) is 33.9. The third-order valence-electron chi connectivity index (χ3n) is 5.41. The molecule has 2 N–H and O–H groups in total. The average molecular weight is 494 g/mol. The van der Waals surface area contributed by atoms with Gasteiger partial charge in [-0.15, -0.1) is 24.0 Å². The van der Waals surface area contributed by atoms with E-state index >= 15 is 0 Å². The van der Waals surface area contributed by atoms with Gasteiger partial charge < -0.3 is 20.4 Å². The fourth-order valence-corrected chi connectivity index (χ4v) is 3.66. The zero-order chi connectivity index (χ0) is 18.9. The van der Waals surface area contributed by atoms with Gasteiger partial charge in [0.2, 0.25) is 11.8 Å². The summed E-state index contributed by atoms with van der Waals surface area (Å²) in [6.07, 6.45) is 2.69. The Morgan fingerprint density at radius 2 is 1.67 bits per heavy atom. The molecule has 0 aliphatic carbocycles. The van der Waals surface area contributed by atoms with E-state index in [9.17, 15) is 9.59 Å². The van der Waals surface area contributed by atoms with Crippen molar-refractivity contribution in [1.29, 1.82) is 0 Å². The first-order valence-corrected chi connectivity index (χ1v) is 9.67. The van der Waals surface area contributed by atoms with E-state index in [1.807, 2.05) is 11.9 Å². The second kappa shape index (κ2) is 12.4. The number of piperidine rings is 1. The molecule has 0 radical (unpaired) electrons. The van der Waals surface area contributed by atoms with E-state index in [2.05, 4.69) is 25.4 Å². The monoisotopic (exact) mass is 494 g/mol. The number of rotatable bonds is 5. The van der Waals surface area contributed by atoms with Gasteiger partial charge in [0.15, 0.2) is 5.96 Å². The molecule has 0 aromatic heterocycles. The standard InChI is InChI=1S/C18H34N6O2.HI/c1-15(25)23-12-10-22(11-13-23)9-6-21-18(20-3)24-7-4-16(5-8-24)14-17(26)19-2;/h16H,4-14H2,1-3H3,(H,19,26)(H,20,21);1H. The van der Waals surface area contributed by atoms with Crippen LogP contribution in [0.25, 0.3) is 0 Å². The van der Waals surface area contributed by atoms with Gasteiger partial charge in [-0.1, -0.05) is 0 Å². The number of carbonyl (C=O) groups excluding carboxylic acids is 2. The number of piperazine rings is 1. The summed E-state index contributed by atoms with van der Waals surface area (Å²) in [6, 6.07) is 0. The summed E-state index contributed by atoms with van der Waals surface area (Å²) >= 11 is 0. The molecule has 2 rings (SSSR count). The summed E-state index contributed by atoms with van der Waals surface area (Å²) in [5.74, 6) is 1.73. The quantitative estimate of drug-likeness (QED) is 0.324. The van der Waals surface area contributed by atoms with Gasteiger partial charge in [-0.05, 0) is 18.8 Å². The van der Waals surface area contributed by atoms with Crippen molar-refractivity contribution >= 4 is 41.8 Å². The number of nitrogens with zero attached hydrogens (tertiary/aromatic N) is 4. The van der Waals surface area contributed by atoms with Crippen LogP contribution < -0.4 is 10.6 Å². The Morgan fingerprint density at radius 3 is 2.19 bits per heavy atom. The molecule has 0 unspecified atom stereocenters. The number of carbonyl (C=O) groups is 2. The van der Waals surface area contributed by atoms with E-state index < -0.39 is 0 Å². The van der Waals surface area contributed by atoms with Crippen LogP contribution in [-0.4, -0.2) is 98.9 Å². The number of amides is 2. The van der Waals surface area contributed by atoms with Gasteiger partial charge in [0, 0.05) is 79.8 Å². The minimum Gasteiger partial charge on any atom is -0.359 e. The molecule has 0 saturated carbocycles. The molecule has 0 spiro atoms. The van der Waals surface area contributed by atoms with Gasteiger partial charge >= 0.3 is 0 Å². The maximum atomic E-state index is 11.5. The Morgan fingerprint density at radius 1 is 1.04 bits per heavy atom. The second-order valence-corrected chi connectivity index (χ2v) is 7.13. The van der Waals surface area contributed by atoms with E-state index in [1.54, 1.807) is 14.0 Å².